The number of hydrogen-bond donors (Lipinski definition) is 1. The van der Waals surface area contributed by atoms with E-state index in [9.17, 15) is 5.11 Å². The third kappa shape index (κ3) is 1.55. The van der Waals surface area contributed by atoms with E-state index in [0.29, 0.717) is 0 Å². The minimum absolute atomic E-state index is 0.222. The number of fused-ring (bicyclic) bond motifs is 3. The number of nitrogens with zero attached hydrogens (tertiary/aromatic N) is 3. The third-order valence-corrected chi connectivity index (χ3v) is 3.41. The van der Waals surface area contributed by atoms with Crippen LogP contribution in [0.3, 0.4) is 0 Å². The van der Waals surface area contributed by atoms with E-state index in [1.807, 2.05) is 40.9 Å². The van der Waals surface area contributed by atoms with Gasteiger partial charge < -0.3 is 5.11 Å². The molecule has 0 aliphatic rings. The zero-order valence-electron chi connectivity index (χ0n) is 10.6. The lowest BCUT2D eigenvalue weighted by Crippen LogP contribution is -1.89. The van der Waals surface area contributed by atoms with Crippen LogP contribution >= 0.6 is 0 Å². The average Bonchev–Trinajstić information content (AvgIpc) is 2.91. The molecule has 4 aromatic rings. The summed E-state index contributed by atoms with van der Waals surface area (Å²) < 4.78 is 1.94. The zero-order valence-corrected chi connectivity index (χ0v) is 10.6. The highest BCUT2D eigenvalue weighted by Gasteiger charge is 2.10. The Labute approximate surface area is 114 Å². The monoisotopic (exact) mass is 261 g/mol. The molecule has 0 amide bonds. The molecular weight excluding hydrogens is 250 g/mol. The van der Waals surface area contributed by atoms with Crippen LogP contribution in [0.25, 0.3) is 27.8 Å². The molecule has 0 radical (unpaired) electrons. The normalized spacial score (nSPS) is 11.2. The Morgan fingerprint density at radius 3 is 2.70 bits per heavy atom. The molecule has 2 aromatic heterocycles. The van der Waals surface area contributed by atoms with E-state index in [2.05, 4.69) is 16.3 Å². The summed E-state index contributed by atoms with van der Waals surface area (Å²) in [6.45, 7) is 0. The van der Waals surface area contributed by atoms with E-state index in [-0.39, 0.29) is 5.75 Å². The lowest BCUT2D eigenvalue weighted by Gasteiger charge is -2.03. The molecule has 0 spiro atoms. The van der Waals surface area contributed by atoms with Crippen molar-refractivity contribution in [3.8, 4) is 17.1 Å². The maximum atomic E-state index is 9.60. The molecule has 4 heteroatoms. The largest absolute Gasteiger partial charge is 0.508 e. The number of pyridine rings is 1. The van der Waals surface area contributed by atoms with Gasteiger partial charge in [0.15, 0.2) is 11.5 Å². The Bertz CT molecular complexity index is 927. The predicted molar refractivity (Wildman–Crippen MR) is 77.6 cm³/mol. The van der Waals surface area contributed by atoms with E-state index in [4.69, 9.17) is 0 Å². The number of benzene rings is 2. The van der Waals surface area contributed by atoms with Crippen molar-refractivity contribution >= 4 is 16.4 Å². The number of phenols is 1. The molecule has 4 nitrogen and oxygen atoms in total. The summed E-state index contributed by atoms with van der Waals surface area (Å²) in [5, 5.41) is 20.3. The Kier molecular flexibility index (Phi) is 2.23. The maximum Gasteiger partial charge on any atom is 0.168 e. The molecule has 0 atom stereocenters. The zero-order chi connectivity index (χ0) is 13.5. The number of hydrogen-bond acceptors (Lipinski definition) is 3. The van der Waals surface area contributed by atoms with Crippen molar-refractivity contribution in [2.45, 2.75) is 0 Å². The Morgan fingerprint density at radius 1 is 0.900 bits per heavy atom. The SMILES string of the molecule is Oc1cccc(-c2nnc3c4ccccc4ccn23)c1. The van der Waals surface area contributed by atoms with Crippen LogP contribution in [0.4, 0.5) is 0 Å². The third-order valence-electron chi connectivity index (χ3n) is 3.41. The summed E-state index contributed by atoms with van der Waals surface area (Å²) in [5.74, 6) is 0.946. The van der Waals surface area contributed by atoms with Crippen molar-refractivity contribution in [3.05, 3.63) is 60.8 Å². The first kappa shape index (κ1) is 11.0. The lowest BCUT2D eigenvalue weighted by atomic mass is 10.1. The molecule has 20 heavy (non-hydrogen) atoms. The first-order valence-corrected chi connectivity index (χ1v) is 6.35. The topological polar surface area (TPSA) is 50.4 Å². The molecule has 0 unspecified atom stereocenters. The fraction of sp³-hybridized carbons (Fsp3) is 0. The molecule has 0 aliphatic heterocycles. The Hall–Kier alpha value is -2.88. The van der Waals surface area contributed by atoms with Gasteiger partial charge in [0.2, 0.25) is 0 Å². The summed E-state index contributed by atoms with van der Waals surface area (Å²) in [5.41, 5.74) is 1.66. The van der Waals surface area contributed by atoms with Crippen molar-refractivity contribution in [2.24, 2.45) is 0 Å². The molecule has 96 valence electrons. The highest BCUT2D eigenvalue weighted by Crippen LogP contribution is 2.25. The minimum Gasteiger partial charge on any atom is -0.508 e. The molecule has 0 saturated heterocycles. The van der Waals surface area contributed by atoms with Crippen molar-refractivity contribution in [3.63, 3.8) is 0 Å². The second-order valence-electron chi connectivity index (χ2n) is 4.67. The van der Waals surface area contributed by atoms with Gasteiger partial charge in [0.1, 0.15) is 5.75 Å². The molecule has 2 aromatic carbocycles. The van der Waals surface area contributed by atoms with Crippen LogP contribution in [0, 0.1) is 0 Å². The van der Waals surface area contributed by atoms with Gasteiger partial charge in [0.25, 0.3) is 0 Å². The molecule has 0 fully saturated rings. The number of aromatic nitrogens is 3. The van der Waals surface area contributed by atoms with E-state index < -0.39 is 0 Å². The highest BCUT2D eigenvalue weighted by molar-refractivity contribution is 5.94. The first-order chi connectivity index (χ1) is 9.83. The van der Waals surface area contributed by atoms with Gasteiger partial charge in [-0.15, -0.1) is 10.2 Å². The first-order valence-electron chi connectivity index (χ1n) is 6.35. The van der Waals surface area contributed by atoms with Gasteiger partial charge >= 0.3 is 0 Å². The second kappa shape index (κ2) is 4.06. The molecular formula is C16H11N3O. The highest BCUT2D eigenvalue weighted by atomic mass is 16.3. The van der Waals surface area contributed by atoms with Gasteiger partial charge in [-0.1, -0.05) is 36.4 Å². The molecule has 0 aliphatic carbocycles. The fourth-order valence-electron chi connectivity index (χ4n) is 2.46. The fourth-order valence-corrected chi connectivity index (χ4v) is 2.46. The van der Waals surface area contributed by atoms with Gasteiger partial charge in [0, 0.05) is 17.1 Å². The average molecular weight is 261 g/mol. The van der Waals surface area contributed by atoms with Crippen molar-refractivity contribution in [1.29, 1.82) is 0 Å². The van der Waals surface area contributed by atoms with Crippen LogP contribution in [0.15, 0.2) is 60.8 Å². The molecule has 0 bridgehead atoms. The predicted octanol–water partition coefficient (Wildman–Crippen LogP) is 3.26. The smallest absolute Gasteiger partial charge is 0.168 e. The van der Waals surface area contributed by atoms with Gasteiger partial charge in [-0.3, -0.25) is 4.40 Å². The summed E-state index contributed by atoms with van der Waals surface area (Å²) in [7, 11) is 0. The summed E-state index contributed by atoms with van der Waals surface area (Å²) in [6, 6.07) is 17.2. The summed E-state index contributed by atoms with van der Waals surface area (Å²) in [6.07, 6.45) is 1.96. The van der Waals surface area contributed by atoms with Crippen LogP contribution in [0.1, 0.15) is 0 Å². The van der Waals surface area contributed by atoms with Crippen LogP contribution in [-0.4, -0.2) is 19.7 Å². The second-order valence-corrected chi connectivity index (χ2v) is 4.67. The van der Waals surface area contributed by atoms with Crippen molar-refractivity contribution in [2.75, 3.05) is 0 Å². The van der Waals surface area contributed by atoms with Gasteiger partial charge in [-0.2, -0.15) is 0 Å². The number of aromatic hydroxyl groups is 1. The van der Waals surface area contributed by atoms with Crippen molar-refractivity contribution in [1.82, 2.24) is 14.6 Å². The van der Waals surface area contributed by atoms with Crippen LogP contribution in [-0.2, 0) is 0 Å². The molecule has 0 saturated carbocycles. The van der Waals surface area contributed by atoms with E-state index in [1.54, 1.807) is 18.2 Å². The quantitative estimate of drug-likeness (QED) is 0.572. The van der Waals surface area contributed by atoms with Gasteiger partial charge in [0.05, 0.1) is 0 Å². The van der Waals surface area contributed by atoms with E-state index in [1.165, 1.54) is 0 Å². The van der Waals surface area contributed by atoms with Gasteiger partial charge in [-0.25, -0.2) is 0 Å². The standard InChI is InChI=1S/C16H11N3O/c20-13-6-3-5-12(10-13)15-17-18-16-14-7-2-1-4-11(14)8-9-19(15)16/h1-10,20H. The molecule has 4 rings (SSSR count). The molecule has 2 heterocycles. The van der Waals surface area contributed by atoms with Crippen LogP contribution in [0.5, 0.6) is 5.75 Å². The Balaban J connectivity index is 2.05. The molecule has 1 N–H and O–H groups in total. The summed E-state index contributed by atoms with van der Waals surface area (Å²) >= 11 is 0. The van der Waals surface area contributed by atoms with Crippen LogP contribution < -0.4 is 0 Å². The van der Waals surface area contributed by atoms with Gasteiger partial charge in [-0.05, 0) is 23.6 Å². The Morgan fingerprint density at radius 2 is 1.80 bits per heavy atom. The summed E-state index contributed by atoms with van der Waals surface area (Å²) in [4.78, 5) is 0. The number of rotatable bonds is 1. The lowest BCUT2D eigenvalue weighted by molar-refractivity contribution is 0.475. The van der Waals surface area contributed by atoms with Crippen LogP contribution in [0.2, 0.25) is 0 Å². The number of phenolic OH excluding ortho intramolecular Hbond substituents is 1. The van der Waals surface area contributed by atoms with E-state index in [0.717, 1.165) is 27.8 Å². The maximum absolute atomic E-state index is 9.60. The minimum atomic E-state index is 0.222. The van der Waals surface area contributed by atoms with E-state index >= 15 is 0 Å². The van der Waals surface area contributed by atoms with Crippen molar-refractivity contribution < 1.29 is 5.11 Å².